The van der Waals surface area contributed by atoms with Crippen LogP contribution >= 0.6 is 0 Å². The van der Waals surface area contributed by atoms with Gasteiger partial charge in [-0.05, 0) is 19.8 Å². The Labute approximate surface area is 212 Å². The maximum Gasteiger partial charge on any atom is 2.00 e. The van der Waals surface area contributed by atoms with Crippen LogP contribution in [0.5, 0.6) is 0 Å². The van der Waals surface area contributed by atoms with E-state index in [1.54, 1.807) is 7.11 Å². The van der Waals surface area contributed by atoms with Crippen LogP contribution in [0.3, 0.4) is 0 Å². The van der Waals surface area contributed by atoms with Crippen molar-refractivity contribution < 1.29 is 21.8 Å². The molecule has 2 heterocycles. The van der Waals surface area contributed by atoms with Gasteiger partial charge in [0.25, 0.3) is 0 Å². The summed E-state index contributed by atoms with van der Waals surface area (Å²) in [5.41, 5.74) is 0. The van der Waals surface area contributed by atoms with E-state index in [2.05, 4.69) is 34.1 Å². The molecular formula is C16H30O4Sr2. The molecule has 0 spiro atoms. The SMILES string of the molecule is CO[C@H]1[CH-][C@@H](C)[C@H](O[C@H]2[CH-][C@@H](C)C(C)[C@@H](C)O2)[C@@H](C)O1.[H-].[H-].[Sr+2].[Sr+2]. The Bertz CT molecular complexity index is 304. The van der Waals surface area contributed by atoms with Gasteiger partial charge in [-0.2, -0.15) is 5.92 Å². The molecule has 0 amide bonds. The third-order valence-electron chi connectivity index (χ3n) is 4.69. The molecule has 2 saturated heterocycles. The van der Waals surface area contributed by atoms with Crippen LogP contribution in [-0.4, -0.2) is 129 Å². The Kier molecular flexibility index (Phi) is 13.0. The third-order valence-corrected chi connectivity index (χ3v) is 4.69. The smallest absolute Gasteiger partial charge is 1.00 e. The van der Waals surface area contributed by atoms with Gasteiger partial charge in [0, 0.05) is 19.7 Å². The van der Waals surface area contributed by atoms with E-state index in [-0.39, 0.29) is 131 Å². The molecule has 2 fully saturated rings. The summed E-state index contributed by atoms with van der Waals surface area (Å²) in [4.78, 5) is 0. The molecule has 8 atom stereocenters. The molecule has 0 N–H and O–H groups in total. The summed E-state index contributed by atoms with van der Waals surface area (Å²) < 4.78 is 23.1. The molecule has 122 valence electrons. The van der Waals surface area contributed by atoms with Gasteiger partial charge in [-0.25, -0.2) is 0 Å². The Morgan fingerprint density at radius 1 is 0.818 bits per heavy atom. The van der Waals surface area contributed by atoms with Crippen molar-refractivity contribution in [2.24, 2.45) is 17.8 Å². The van der Waals surface area contributed by atoms with Crippen LogP contribution in [-0.2, 0) is 18.9 Å². The van der Waals surface area contributed by atoms with Gasteiger partial charge in [0.1, 0.15) is 0 Å². The topological polar surface area (TPSA) is 36.9 Å². The molecule has 0 saturated carbocycles. The zero-order chi connectivity index (χ0) is 14.9. The Morgan fingerprint density at radius 3 is 1.86 bits per heavy atom. The fourth-order valence-corrected chi connectivity index (χ4v) is 2.95. The number of hydrogen-bond donors (Lipinski definition) is 0. The first kappa shape index (κ1) is 24.8. The summed E-state index contributed by atoms with van der Waals surface area (Å²) in [5.74, 6) is 1.29. The second-order valence-corrected chi connectivity index (χ2v) is 6.22. The Balaban J connectivity index is -0.00000110. The minimum Gasteiger partial charge on any atom is -1.00 e. The quantitative estimate of drug-likeness (QED) is 0.477. The molecular weight excluding hydrogens is 431 g/mol. The van der Waals surface area contributed by atoms with Crippen LogP contribution in [0.15, 0.2) is 0 Å². The Hall–Kier alpha value is 2.80. The first-order valence-corrected chi connectivity index (χ1v) is 7.61. The van der Waals surface area contributed by atoms with E-state index < -0.39 is 0 Å². The van der Waals surface area contributed by atoms with E-state index in [9.17, 15) is 0 Å². The zero-order valence-corrected chi connectivity index (χ0v) is 21.8. The number of hydrogen-bond acceptors (Lipinski definition) is 4. The summed E-state index contributed by atoms with van der Waals surface area (Å²) >= 11 is 0. The van der Waals surface area contributed by atoms with E-state index in [4.69, 9.17) is 18.9 Å². The number of methoxy groups -OCH3 is 1. The van der Waals surface area contributed by atoms with Crippen LogP contribution in [0.25, 0.3) is 0 Å². The van der Waals surface area contributed by atoms with Crippen LogP contribution in [0, 0.1) is 30.6 Å². The van der Waals surface area contributed by atoms with Gasteiger partial charge in [0.2, 0.25) is 0 Å². The van der Waals surface area contributed by atoms with Crippen molar-refractivity contribution in [2.75, 3.05) is 7.11 Å². The van der Waals surface area contributed by atoms with Crippen LogP contribution < -0.4 is 0 Å². The second kappa shape index (κ2) is 11.5. The van der Waals surface area contributed by atoms with Crippen molar-refractivity contribution in [1.29, 1.82) is 0 Å². The van der Waals surface area contributed by atoms with E-state index in [0.29, 0.717) is 11.8 Å². The summed E-state index contributed by atoms with van der Waals surface area (Å²) in [6.45, 7) is 10.7. The monoisotopic (exact) mass is 462 g/mol. The fourth-order valence-electron chi connectivity index (χ4n) is 2.95. The van der Waals surface area contributed by atoms with E-state index in [1.807, 2.05) is 13.3 Å². The average molecular weight is 462 g/mol. The molecule has 4 nitrogen and oxygen atoms in total. The van der Waals surface area contributed by atoms with Crippen LogP contribution in [0.1, 0.15) is 37.5 Å². The Morgan fingerprint density at radius 2 is 1.36 bits per heavy atom. The predicted octanol–water partition coefficient (Wildman–Crippen LogP) is 2.29. The molecule has 22 heavy (non-hydrogen) atoms. The van der Waals surface area contributed by atoms with Crippen molar-refractivity contribution >= 4 is 91.0 Å². The first-order chi connectivity index (χ1) is 9.42. The van der Waals surface area contributed by atoms with Gasteiger partial charge >= 0.3 is 91.0 Å². The van der Waals surface area contributed by atoms with Gasteiger partial charge in [0.05, 0.1) is 18.3 Å². The zero-order valence-electron chi connectivity index (χ0n) is 16.8. The molecule has 2 aliphatic heterocycles. The number of rotatable bonds is 3. The van der Waals surface area contributed by atoms with Crippen LogP contribution in [0.4, 0.5) is 0 Å². The largest absolute Gasteiger partial charge is 2.00 e. The first-order valence-electron chi connectivity index (χ1n) is 7.61. The normalized spacial score (nSPS) is 45.5. The third kappa shape index (κ3) is 6.51. The van der Waals surface area contributed by atoms with Gasteiger partial charge < -0.3 is 21.8 Å². The molecule has 2 rings (SSSR count). The summed E-state index contributed by atoms with van der Waals surface area (Å²) in [5, 5.41) is 0. The molecule has 2 aliphatic rings. The molecule has 1 unspecified atom stereocenters. The molecule has 0 aromatic heterocycles. The molecule has 0 aromatic rings. The van der Waals surface area contributed by atoms with E-state index >= 15 is 0 Å². The van der Waals surface area contributed by atoms with Gasteiger partial charge in [-0.15, -0.1) is 5.92 Å². The van der Waals surface area contributed by atoms with E-state index in [1.165, 1.54) is 0 Å². The van der Waals surface area contributed by atoms with Gasteiger partial charge in [-0.1, -0.05) is 20.8 Å². The summed E-state index contributed by atoms with van der Waals surface area (Å²) in [6, 6.07) is 0. The molecule has 0 radical (unpaired) electrons. The average Bonchev–Trinajstić information content (AvgIpc) is 2.39. The minimum atomic E-state index is -0.248. The van der Waals surface area contributed by atoms with Crippen molar-refractivity contribution in [3.05, 3.63) is 12.8 Å². The molecule has 6 heteroatoms. The van der Waals surface area contributed by atoms with Crippen LogP contribution in [0.2, 0.25) is 0 Å². The number of ether oxygens (including phenoxy) is 4. The fraction of sp³-hybridized carbons (Fsp3) is 0.875. The van der Waals surface area contributed by atoms with Crippen molar-refractivity contribution in [3.8, 4) is 0 Å². The minimum absolute atomic E-state index is 0. The van der Waals surface area contributed by atoms with Crippen molar-refractivity contribution in [3.63, 3.8) is 0 Å². The molecule has 0 aromatic carbocycles. The predicted molar refractivity (Wildman–Crippen MR) is 90.4 cm³/mol. The van der Waals surface area contributed by atoms with Gasteiger partial charge in [0.15, 0.2) is 0 Å². The standard InChI is InChI=1S/C16H28O4.2Sr.2H/c1-9-7-15(18-12(4)11(9)3)20-16-10(2)8-14(17-6)19-13(16)5;;;;/h7-16H,1-6H3;;;;/q-2;2*+2;2*-1/t9-,10-,11?,12-,13-,14-,15+,16+;;;;/m1..../s1. The van der Waals surface area contributed by atoms with Crippen molar-refractivity contribution in [2.45, 2.75) is 65.5 Å². The molecule has 0 aliphatic carbocycles. The van der Waals surface area contributed by atoms with Gasteiger partial charge in [-0.3, -0.25) is 12.8 Å². The van der Waals surface area contributed by atoms with Crippen molar-refractivity contribution in [1.82, 2.24) is 0 Å². The summed E-state index contributed by atoms with van der Waals surface area (Å²) in [7, 11) is 1.66. The summed E-state index contributed by atoms with van der Waals surface area (Å²) in [6.07, 6.45) is 3.91. The maximum atomic E-state index is 6.15. The van der Waals surface area contributed by atoms with E-state index in [0.717, 1.165) is 0 Å². The maximum absolute atomic E-state index is 6.15. The molecule has 0 bridgehead atoms. The second-order valence-electron chi connectivity index (χ2n) is 6.22.